The Labute approximate surface area is 185 Å². The number of anilines is 1. The number of methoxy groups -OCH3 is 1. The highest BCUT2D eigenvalue weighted by Crippen LogP contribution is 2.41. The van der Waals surface area contributed by atoms with Gasteiger partial charge >= 0.3 is 0 Å². The van der Waals surface area contributed by atoms with Gasteiger partial charge in [-0.3, -0.25) is 0 Å². The molecule has 166 valence electrons. The van der Waals surface area contributed by atoms with Gasteiger partial charge < -0.3 is 19.7 Å². The molecule has 2 aliphatic rings. The van der Waals surface area contributed by atoms with Crippen molar-refractivity contribution in [2.24, 2.45) is 0 Å². The third-order valence-electron chi connectivity index (χ3n) is 5.67. The first-order chi connectivity index (χ1) is 15.0. The zero-order valence-electron chi connectivity index (χ0n) is 17.5. The number of nitrogens with one attached hydrogen (secondary N) is 1. The van der Waals surface area contributed by atoms with E-state index in [4.69, 9.17) is 19.4 Å². The largest absolute Gasteiger partial charge is 0.494 e. The molecule has 4 heterocycles. The van der Waals surface area contributed by atoms with Crippen molar-refractivity contribution >= 4 is 37.3 Å². The van der Waals surface area contributed by atoms with Crippen LogP contribution >= 0.6 is 11.3 Å². The quantitative estimate of drug-likeness (QED) is 0.622. The SMILES string of the molecule is COc1ccc(N2CCOCC2)c2sc(-c3nc4c(n3S(C)(=O)=O)CCNCC4)nc12. The van der Waals surface area contributed by atoms with Crippen molar-refractivity contribution in [1.29, 1.82) is 0 Å². The molecule has 0 saturated carbocycles. The lowest BCUT2D eigenvalue weighted by Crippen LogP contribution is -2.36. The number of hydrogen-bond donors (Lipinski definition) is 1. The highest BCUT2D eigenvalue weighted by molar-refractivity contribution is 7.89. The summed E-state index contributed by atoms with van der Waals surface area (Å²) < 4.78 is 38.9. The summed E-state index contributed by atoms with van der Waals surface area (Å²) in [4.78, 5) is 11.9. The number of benzene rings is 1. The molecule has 0 spiro atoms. The number of rotatable bonds is 4. The summed E-state index contributed by atoms with van der Waals surface area (Å²) in [5.41, 5.74) is 3.37. The van der Waals surface area contributed by atoms with Gasteiger partial charge in [0.1, 0.15) is 11.3 Å². The van der Waals surface area contributed by atoms with Gasteiger partial charge in [0.2, 0.25) is 10.0 Å². The van der Waals surface area contributed by atoms with E-state index in [1.807, 2.05) is 12.1 Å². The van der Waals surface area contributed by atoms with E-state index >= 15 is 0 Å². The topological polar surface area (TPSA) is 98.6 Å². The summed E-state index contributed by atoms with van der Waals surface area (Å²) in [7, 11) is -1.92. The van der Waals surface area contributed by atoms with Crippen LogP contribution in [0, 0.1) is 0 Å². The molecular weight excluding hydrogens is 438 g/mol. The predicted molar refractivity (Wildman–Crippen MR) is 121 cm³/mol. The van der Waals surface area contributed by atoms with Crippen molar-refractivity contribution in [1.82, 2.24) is 19.3 Å². The fourth-order valence-corrected chi connectivity index (χ4v) is 6.44. The van der Waals surface area contributed by atoms with Gasteiger partial charge in [-0.2, -0.15) is 0 Å². The van der Waals surface area contributed by atoms with Crippen molar-refractivity contribution in [3.8, 4) is 16.6 Å². The molecule has 9 nitrogen and oxygen atoms in total. The van der Waals surface area contributed by atoms with E-state index in [0.29, 0.717) is 42.6 Å². The molecule has 1 fully saturated rings. The van der Waals surface area contributed by atoms with Crippen molar-refractivity contribution < 1.29 is 17.9 Å². The fraction of sp³-hybridized carbons (Fsp3) is 0.500. The number of thiazole rings is 1. The summed E-state index contributed by atoms with van der Waals surface area (Å²) in [6, 6.07) is 3.96. The number of aromatic nitrogens is 3. The highest BCUT2D eigenvalue weighted by atomic mass is 32.2. The second-order valence-corrected chi connectivity index (χ2v) is 10.5. The molecule has 0 unspecified atom stereocenters. The zero-order chi connectivity index (χ0) is 21.6. The molecule has 2 aromatic heterocycles. The molecule has 0 aliphatic carbocycles. The van der Waals surface area contributed by atoms with Gasteiger partial charge in [-0.1, -0.05) is 0 Å². The summed E-state index contributed by atoms with van der Waals surface area (Å²) in [5, 5.41) is 3.89. The average molecular weight is 464 g/mol. The number of morpholine rings is 1. The van der Waals surface area contributed by atoms with Gasteiger partial charge in [0.25, 0.3) is 0 Å². The Morgan fingerprint density at radius 3 is 2.68 bits per heavy atom. The second kappa shape index (κ2) is 8.05. The second-order valence-electron chi connectivity index (χ2n) is 7.69. The first-order valence-electron chi connectivity index (χ1n) is 10.3. The zero-order valence-corrected chi connectivity index (χ0v) is 19.2. The van der Waals surface area contributed by atoms with Crippen LogP contribution in [-0.4, -0.2) is 75.1 Å². The maximum atomic E-state index is 12.8. The lowest BCUT2D eigenvalue weighted by atomic mass is 10.2. The van der Waals surface area contributed by atoms with Gasteiger partial charge in [0.15, 0.2) is 10.8 Å². The Morgan fingerprint density at radius 1 is 1.16 bits per heavy atom. The van der Waals surface area contributed by atoms with Crippen LogP contribution in [0.5, 0.6) is 5.75 Å². The molecule has 0 amide bonds. The number of imidazole rings is 1. The van der Waals surface area contributed by atoms with Crippen molar-refractivity contribution in [3.05, 3.63) is 23.5 Å². The van der Waals surface area contributed by atoms with Crippen LogP contribution < -0.4 is 15.0 Å². The van der Waals surface area contributed by atoms with Crippen LogP contribution in [0.4, 0.5) is 5.69 Å². The van der Waals surface area contributed by atoms with Crippen LogP contribution in [0.2, 0.25) is 0 Å². The minimum Gasteiger partial charge on any atom is -0.494 e. The summed E-state index contributed by atoms with van der Waals surface area (Å²) >= 11 is 1.46. The van der Waals surface area contributed by atoms with E-state index in [-0.39, 0.29) is 0 Å². The first-order valence-corrected chi connectivity index (χ1v) is 13.0. The molecule has 3 aromatic rings. The number of nitrogens with zero attached hydrogens (tertiary/aromatic N) is 4. The third kappa shape index (κ3) is 3.69. The highest BCUT2D eigenvalue weighted by Gasteiger charge is 2.28. The van der Waals surface area contributed by atoms with Crippen LogP contribution in [0.1, 0.15) is 11.4 Å². The summed E-state index contributed by atoms with van der Waals surface area (Å²) in [6.45, 7) is 4.46. The van der Waals surface area contributed by atoms with Gasteiger partial charge in [-0.15, -0.1) is 11.3 Å². The molecule has 31 heavy (non-hydrogen) atoms. The monoisotopic (exact) mass is 463 g/mol. The van der Waals surface area contributed by atoms with Gasteiger partial charge in [0, 0.05) is 39.0 Å². The maximum absolute atomic E-state index is 12.8. The Bertz CT molecular complexity index is 1230. The van der Waals surface area contributed by atoms with E-state index in [0.717, 1.165) is 53.5 Å². The molecule has 0 atom stereocenters. The Hall–Kier alpha value is -2.21. The third-order valence-corrected chi connectivity index (χ3v) is 7.80. The van der Waals surface area contributed by atoms with Crippen LogP contribution in [0.15, 0.2) is 12.1 Å². The Morgan fingerprint density at radius 2 is 1.94 bits per heavy atom. The minimum atomic E-state index is -3.54. The van der Waals surface area contributed by atoms with Crippen LogP contribution in [0.25, 0.3) is 21.0 Å². The Kier molecular flexibility index (Phi) is 5.37. The molecule has 5 rings (SSSR count). The van der Waals surface area contributed by atoms with E-state index in [1.165, 1.54) is 21.6 Å². The number of hydrogen-bond acceptors (Lipinski definition) is 9. The molecule has 0 bridgehead atoms. The minimum absolute atomic E-state index is 0.394. The molecular formula is C20H25N5O4S2. The molecule has 1 N–H and O–H groups in total. The van der Waals surface area contributed by atoms with E-state index < -0.39 is 10.0 Å². The van der Waals surface area contributed by atoms with Gasteiger partial charge in [0.05, 0.1) is 48.4 Å². The summed E-state index contributed by atoms with van der Waals surface area (Å²) in [5.74, 6) is 1.06. The van der Waals surface area contributed by atoms with E-state index in [9.17, 15) is 8.42 Å². The first kappa shape index (κ1) is 20.7. The lowest BCUT2D eigenvalue weighted by Gasteiger charge is -2.29. The van der Waals surface area contributed by atoms with Crippen LogP contribution in [0.3, 0.4) is 0 Å². The molecule has 1 saturated heterocycles. The molecule has 2 aliphatic heterocycles. The van der Waals surface area contributed by atoms with Crippen molar-refractivity contribution in [2.45, 2.75) is 12.8 Å². The Balaban J connectivity index is 1.71. The summed E-state index contributed by atoms with van der Waals surface area (Å²) in [6.07, 6.45) is 2.53. The van der Waals surface area contributed by atoms with Gasteiger partial charge in [-0.05, 0) is 12.1 Å². The standard InChI is InChI=1S/C20H25N5O4S2/c1-28-16-4-3-15(24-9-11-29-12-10-24)18-17(16)23-20(30-18)19-22-13-5-7-21-8-6-14(13)25(19)31(2,26)27/h3-4,21H,5-12H2,1-2H3. The van der Waals surface area contributed by atoms with Crippen molar-refractivity contribution in [3.63, 3.8) is 0 Å². The molecule has 11 heteroatoms. The van der Waals surface area contributed by atoms with Crippen molar-refractivity contribution in [2.75, 3.05) is 57.7 Å². The molecule has 1 aromatic carbocycles. The maximum Gasteiger partial charge on any atom is 0.237 e. The smallest absolute Gasteiger partial charge is 0.237 e. The van der Waals surface area contributed by atoms with Crippen LogP contribution in [-0.2, 0) is 27.6 Å². The normalized spacial score (nSPS) is 17.5. The predicted octanol–water partition coefficient (Wildman–Crippen LogP) is 1.50. The molecule has 0 radical (unpaired) electrons. The van der Waals surface area contributed by atoms with Gasteiger partial charge in [-0.25, -0.2) is 22.4 Å². The number of fused-ring (bicyclic) bond motifs is 2. The number of ether oxygens (including phenoxy) is 2. The fourth-order valence-electron chi connectivity index (χ4n) is 4.24. The average Bonchev–Trinajstić information content (AvgIpc) is 3.29. The lowest BCUT2D eigenvalue weighted by molar-refractivity contribution is 0.123. The van der Waals surface area contributed by atoms with E-state index in [1.54, 1.807) is 7.11 Å². The van der Waals surface area contributed by atoms with E-state index in [2.05, 4.69) is 10.2 Å².